The molecule has 0 bridgehead atoms. The van der Waals surface area contributed by atoms with Crippen molar-refractivity contribution in [3.8, 4) is 0 Å². The third-order valence-electron chi connectivity index (χ3n) is 6.19. The molecular formula is C18H28ClN5O10P2. The average Bonchev–Trinajstić information content (AvgIpc) is 3.31. The summed E-state index contributed by atoms with van der Waals surface area (Å²) in [5, 5.41) is 37.8. The molecule has 36 heavy (non-hydrogen) atoms. The number of hydrogen-bond donors (Lipinski definition) is 7. The molecule has 5 atom stereocenters. The third kappa shape index (κ3) is 6.61. The number of nitrogens with one attached hydrogen (secondary N) is 1. The Balaban J connectivity index is 1.48. The van der Waals surface area contributed by atoms with Crippen LogP contribution in [-0.4, -0.2) is 93.1 Å². The van der Waals surface area contributed by atoms with Crippen LogP contribution in [0.3, 0.4) is 0 Å². The number of aromatic nitrogens is 4. The molecule has 1 saturated carbocycles. The first-order valence-electron chi connectivity index (χ1n) is 11.2. The zero-order valence-electron chi connectivity index (χ0n) is 18.9. The molecule has 3 heterocycles. The van der Waals surface area contributed by atoms with E-state index in [-0.39, 0.29) is 22.7 Å². The Morgan fingerprint density at radius 1 is 1.14 bits per heavy atom. The minimum Gasteiger partial charge on any atom is -0.393 e. The lowest BCUT2D eigenvalue weighted by Crippen LogP contribution is -2.33. The lowest BCUT2D eigenvalue weighted by molar-refractivity contribution is -0.0204. The molecule has 7 N–H and O–H groups in total. The van der Waals surface area contributed by atoms with Crippen LogP contribution in [0.4, 0.5) is 5.82 Å². The minimum atomic E-state index is -4.83. The predicted molar refractivity (Wildman–Crippen MR) is 125 cm³/mol. The lowest BCUT2D eigenvalue weighted by atomic mass is 9.87. The SMILES string of the molecule is O=P(O)(O)CP(=O)(O)OC[C@H]1O[C@@H](c2cnc3c(NCC4CCC(O)CC4)nc(Cl)nn23)C(O)C1O. The monoisotopic (exact) mass is 571 g/mol. The predicted octanol–water partition coefficient (Wildman–Crippen LogP) is 0.240. The fourth-order valence-electron chi connectivity index (χ4n) is 4.37. The van der Waals surface area contributed by atoms with Crippen LogP contribution >= 0.6 is 26.8 Å². The number of nitrogens with zero attached hydrogens (tertiary/aromatic N) is 4. The Bertz CT molecular complexity index is 1170. The van der Waals surface area contributed by atoms with Gasteiger partial charge in [0.15, 0.2) is 17.4 Å². The maximum Gasteiger partial charge on any atom is 0.340 e. The summed E-state index contributed by atoms with van der Waals surface area (Å²) in [5.41, 5.74) is 0.506. The van der Waals surface area contributed by atoms with Gasteiger partial charge in [0.05, 0.1) is 24.6 Å². The van der Waals surface area contributed by atoms with Crippen molar-refractivity contribution in [2.75, 3.05) is 24.4 Å². The molecule has 2 aromatic heterocycles. The smallest absolute Gasteiger partial charge is 0.340 e. The van der Waals surface area contributed by atoms with Crippen molar-refractivity contribution in [1.29, 1.82) is 0 Å². The molecule has 202 valence electrons. The van der Waals surface area contributed by atoms with Gasteiger partial charge in [-0.05, 0) is 43.2 Å². The van der Waals surface area contributed by atoms with Crippen LogP contribution in [0.25, 0.3) is 5.65 Å². The van der Waals surface area contributed by atoms with E-state index in [1.807, 2.05) is 0 Å². The van der Waals surface area contributed by atoms with E-state index in [4.69, 9.17) is 30.6 Å². The number of fused-ring (bicyclic) bond motifs is 1. The number of anilines is 1. The van der Waals surface area contributed by atoms with E-state index < -0.39 is 52.1 Å². The van der Waals surface area contributed by atoms with Crippen molar-refractivity contribution < 1.29 is 48.4 Å². The fraction of sp³-hybridized carbons (Fsp3) is 0.722. The first kappa shape index (κ1) is 27.8. The van der Waals surface area contributed by atoms with Crippen LogP contribution in [0.15, 0.2) is 6.20 Å². The molecule has 18 heteroatoms. The Morgan fingerprint density at radius 2 is 1.83 bits per heavy atom. The van der Waals surface area contributed by atoms with Crippen molar-refractivity contribution in [2.45, 2.75) is 56.2 Å². The zero-order valence-corrected chi connectivity index (χ0v) is 21.4. The quantitative estimate of drug-likeness (QED) is 0.200. The van der Waals surface area contributed by atoms with Crippen LogP contribution in [0.1, 0.15) is 37.5 Å². The van der Waals surface area contributed by atoms with Crippen molar-refractivity contribution >= 4 is 38.3 Å². The minimum absolute atomic E-state index is 0.116. The summed E-state index contributed by atoms with van der Waals surface area (Å²) >= 11 is 6.11. The van der Waals surface area contributed by atoms with Crippen LogP contribution in [0.5, 0.6) is 0 Å². The van der Waals surface area contributed by atoms with Gasteiger partial charge in [0.2, 0.25) is 5.28 Å². The van der Waals surface area contributed by atoms with Crippen LogP contribution in [0.2, 0.25) is 5.28 Å². The summed E-state index contributed by atoms with van der Waals surface area (Å²) in [6.07, 6.45) is -1.24. The maximum absolute atomic E-state index is 11.9. The molecule has 3 unspecified atom stereocenters. The molecule has 1 saturated heterocycles. The lowest BCUT2D eigenvalue weighted by Gasteiger charge is -2.25. The van der Waals surface area contributed by atoms with Gasteiger partial charge in [-0.1, -0.05) is 0 Å². The molecule has 1 aliphatic heterocycles. The van der Waals surface area contributed by atoms with Gasteiger partial charge >= 0.3 is 15.2 Å². The number of imidazole rings is 1. The average molecular weight is 572 g/mol. The Morgan fingerprint density at radius 3 is 2.50 bits per heavy atom. The largest absolute Gasteiger partial charge is 0.393 e. The van der Waals surface area contributed by atoms with E-state index in [1.165, 1.54) is 10.7 Å². The molecule has 1 aliphatic carbocycles. The highest BCUT2D eigenvalue weighted by atomic mass is 35.5. The number of halogens is 1. The van der Waals surface area contributed by atoms with E-state index in [0.717, 1.165) is 25.7 Å². The van der Waals surface area contributed by atoms with Gasteiger partial charge in [0.1, 0.15) is 24.4 Å². The standard InChI is InChI=1S/C18H28ClN5O10P2/c19-18-22-16(20-5-9-1-3-10(25)4-2-9)17-21-6-11(24(17)23-18)15-14(27)13(26)12(34-15)7-33-36(31,32)8-35(28,29)30/h6,9-10,12-15,25-27H,1-5,7-8H2,(H,31,32)(H,20,22,23)(H2,28,29,30)/t9?,10?,12-,13?,14?,15+/m1/s1. The zero-order chi connectivity index (χ0) is 26.3. The summed E-state index contributed by atoms with van der Waals surface area (Å²) in [6.45, 7) is -0.133. The van der Waals surface area contributed by atoms with Crippen molar-refractivity contribution in [3.63, 3.8) is 0 Å². The molecule has 0 amide bonds. The first-order chi connectivity index (χ1) is 16.8. The highest BCUT2D eigenvalue weighted by molar-refractivity contribution is 7.70. The third-order valence-corrected chi connectivity index (χ3v) is 9.81. The number of ether oxygens (including phenoxy) is 1. The Labute approximate surface area is 210 Å². The van der Waals surface area contributed by atoms with Crippen LogP contribution in [-0.2, 0) is 18.4 Å². The summed E-state index contributed by atoms with van der Waals surface area (Å²) < 4.78 is 34.6. The van der Waals surface area contributed by atoms with E-state index in [2.05, 4.69) is 20.4 Å². The van der Waals surface area contributed by atoms with Crippen LogP contribution < -0.4 is 5.32 Å². The Kier molecular flexibility index (Phi) is 8.40. The molecular weight excluding hydrogens is 544 g/mol. The molecule has 2 fully saturated rings. The number of hydrogen-bond acceptors (Lipinski definition) is 11. The number of aliphatic hydroxyl groups is 3. The first-order valence-corrected chi connectivity index (χ1v) is 15.1. The van der Waals surface area contributed by atoms with Gasteiger partial charge in [0.25, 0.3) is 0 Å². The molecule has 15 nitrogen and oxygen atoms in total. The van der Waals surface area contributed by atoms with E-state index in [9.17, 15) is 29.3 Å². The van der Waals surface area contributed by atoms with Gasteiger partial charge < -0.3 is 44.6 Å². The van der Waals surface area contributed by atoms with Gasteiger partial charge in [-0.15, -0.1) is 5.10 Å². The maximum atomic E-state index is 11.9. The normalized spacial score (nSPS) is 31.0. The van der Waals surface area contributed by atoms with E-state index in [0.29, 0.717) is 18.3 Å². The van der Waals surface area contributed by atoms with Gasteiger partial charge in [-0.25, -0.2) is 9.50 Å². The molecule has 0 spiro atoms. The van der Waals surface area contributed by atoms with Gasteiger partial charge in [-0.3, -0.25) is 9.13 Å². The van der Waals surface area contributed by atoms with E-state index in [1.54, 1.807) is 0 Å². The second-order valence-electron chi connectivity index (χ2n) is 9.02. The van der Waals surface area contributed by atoms with Gasteiger partial charge in [0, 0.05) is 6.54 Å². The number of aliphatic hydroxyl groups excluding tert-OH is 3. The number of rotatable bonds is 9. The molecule has 2 aromatic rings. The molecule has 4 rings (SSSR count). The molecule has 0 radical (unpaired) electrons. The van der Waals surface area contributed by atoms with Crippen LogP contribution in [0, 0.1) is 5.92 Å². The molecule has 2 aliphatic rings. The Hall–Kier alpha value is -1.22. The highest BCUT2D eigenvalue weighted by Crippen LogP contribution is 2.55. The van der Waals surface area contributed by atoms with Crippen molar-refractivity contribution in [1.82, 2.24) is 19.6 Å². The van der Waals surface area contributed by atoms with Crippen molar-refractivity contribution in [2.24, 2.45) is 5.92 Å². The summed E-state index contributed by atoms with van der Waals surface area (Å²) in [6, 6.07) is 0. The topological polar surface area (TPSA) is 229 Å². The van der Waals surface area contributed by atoms with Crippen molar-refractivity contribution in [3.05, 3.63) is 17.2 Å². The summed E-state index contributed by atoms with van der Waals surface area (Å²) in [4.78, 5) is 35.9. The summed E-state index contributed by atoms with van der Waals surface area (Å²) in [5.74, 6) is -0.714. The highest BCUT2D eigenvalue weighted by Gasteiger charge is 2.46. The second-order valence-corrected chi connectivity index (χ2v) is 13.4. The fourth-order valence-corrected chi connectivity index (χ4v) is 7.10. The molecule has 0 aromatic carbocycles. The summed E-state index contributed by atoms with van der Waals surface area (Å²) in [7, 11) is -9.51. The van der Waals surface area contributed by atoms with E-state index >= 15 is 0 Å². The second kappa shape index (κ2) is 10.9. The van der Waals surface area contributed by atoms with Gasteiger partial charge in [-0.2, -0.15) is 4.98 Å².